The van der Waals surface area contributed by atoms with Crippen molar-refractivity contribution in [3.63, 3.8) is 0 Å². The van der Waals surface area contributed by atoms with E-state index in [2.05, 4.69) is 0 Å². The second-order valence-electron chi connectivity index (χ2n) is 7.69. The Morgan fingerprint density at radius 3 is 2.83 bits per heavy atom. The molecule has 2 aromatic heterocycles. The van der Waals surface area contributed by atoms with Gasteiger partial charge in [-0.05, 0) is 25.5 Å². The summed E-state index contributed by atoms with van der Waals surface area (Å²) in [5.74, 6) is -0.738. The lowest BCUT2D eigenvalue weighted by atomic mass is 9.86. The molecule has 3 aromatic rings. The quantitative estimate of drug-likeness (QED) is 0.507. The SMILES string of the molecule is CC[C@@]1(O)C(=O)OCc2c1cc1n(c2=O)Cc2cc3cccc(C(C)O)c3nc2-1. The zero-order valence-corrected chi connectivity index (χ0v) is 16.1. The van der Waals surface area contributed by atoms with Crippen LogP contribution in [-0.4, -0.2) is 25.7 Å². The predicted octanol–water partition coefficient (Wildman–Crippen LogP) is 2.13. The molecule has 2 atom stereocenters. The summed E-state index contributed by atoms with van der Waals surface area (Å²) in [6.45, 7) is 3.58. The molecule has 0 saturated carbocycles. The molecule has 0 saturated heterocycles. The van der Waals surface area contributed by atoms with Crippen LogP contribution in [0.3, 0.4) is 0 Å². The van der Waals surface area contributed by atoms with Crippen molar-refractivity contribution in [1.29, 1.82) is 0 Å². The third kappa shape index (κ3) is 2.34. The number of hydrogen-bond acceptors (Lipinski definition) is 6. The van der Waals surface area contributed by atoms with Crippen molar-refractivity contribution < 1.29 is 19.7 Å². The fourth-order valence-corrected chi connectivity index (χ4v) is 4.37. The van der Waals surface area contributed by atoms with Crippen LogP contribution in [0.2, 0.25) is 0 Å². The van der Waals surface area contributed by atoms with Crippen molar-refractivity contribution in [2.24, 2.45) is 0 Å². The first-order chi connectivity index (χ1) is 13.8. The van der Waals surface area contributed by atoms with E-state index in [0.29, 0.717) is 40.1 Å². The Hall–Kier alpha value is -3.03. The van der Waals surface area contributed by atoms with E-state index in [1.807, 2.05) is 24.3 Å². The highest BCUT2D eigenvalue weighted by Gasteiger charge is 2.45. The minimum absolute atomic E-state index is 0.103. The van der Waals surface area contributed by atoms with E-state index in [1.165, 1.54) is 0 Å². The molecule has 1 aromatic carbocycles. The van der Waals surface area contributed by atoms with Gasteiger partial charge in [-0.2, -0.15) is 0 Å². The Bertz CT molecular complexity index is 1260. The summed E-state index contributed by atoms with van der Waals surface area (Å²) >= 11 is 0. The third-order valence-corrected chi connectivity index (χ3v) is 6.02. The van der Waals surface area contributed by atoms with Crippen LogP contribution in [0.15, 0.2) is 35.1 Å². The first-order valence-corrected chi connectivity index (χ1v) is 9.63. The van der Waals surface area contributed by atoms with Gasteiger partial charge in [0.1, 0.15) is 6.61 Å². The Balaban J connectivity index is 1.80. The monoisotopic (exact) mass is 392 g/mol. The van der Waals surface area contributed by atoms with Gasteiger partial charge in [0.25, 0.3) is 5.56 Å². The number of cyclic esters (lactones) is 1. The van der Waals surface area contributed by atoms with Crippen LogP contribution in [0, 0.1) is 0 Å². The van der Waals surface area contributed by atoms with Gasteiger partial charge >= 0.3 is 5.97 Å². The van der Waals surface area contributed by atoms with Crippen molar-refractivity contribution in [3.8, 4) is 11.4 Å². The highest BCUT2D eigenvalue weighted by molar-refractivity contribution is 5.88. The summed E-state index contributed by atoms with van der Waals surface area (Å²) in [5, 5.41) is 21.9. The third-order valence-electron chi connectivity index (χ3n) is 6.02. The number of aliphatic hydroxyl groups excluding tert-OH is 1. The largest absolute Gasteiger partial charge is 0.458 e. The van der Waals surface area contributed by atoms with Crippen molar-refractivity contribution in [1.82, 2.24) is 9.55 Å². The summed E-state index contributed by atoms with van der Waals surface area (Å²) in [6.07, 6.45) is -0.581. The molecule has 7 heteroatoms. The second-order valence-corrected chi connectivity index (χ2v) is 7.69. The number of fused-ring (bicyclic) bond motifs is 5. The van der Waals surface area contributed by atoms with Crippen LogP contribution in [0.5, 0.6) is 0 Å². The van der Waals surface area contributed by atoms with Crippen LogP contribution in [0.4, 0.5) is 0 Å². The summed E-state index contributed by atoms with van der Waals surface area (Å²) in [4.78, 5) is 30.2. The van der Waals surface area contributed by atoms with Gasteiger partial charge in [0.2, 0.25) is 0 Å². The molecule has 0 bridgehead atoms. The predicted molar refractivity (Wildman–Crippen MR) is 105 cm³/mol. The van der Waals surface area contributed by atoms with Crippen LogP contribution in [0.1, 0.15) is 48.6 Å². The molecule has 0 aliphatic carbocycles. The number of carbonyl (C=O) groups is 1. The fourth-order valence-electron chi connectivity index (χ4n) is 4.37. The summed E-state index contributed by atoms with van der Waals surface area (Å²) in [5.41, 5.74) is 1.93. The van der Waals surface area contributed by atoms with Crippen LogP contribution >= 0.6 is 0 Å². The van der Waals surface area contributed by atoms with E-state index < -0.39 is 17.7 Å². The summed E-state index contributed by atoms with van der Waals surface area (Å²) in [7, 11) is 0. The van der Waals surface area contributed by atoms with E-state index >= 15 is 0 Å². The minimum atomic E-state index is -1.84. The molecule has 148 valence electrons. The van der Waals surface area contributed by atoms with Crippen molar-refractivity contribution in [3.05, 3.63) is 62.9 Å². The maximum Gasteiger partial charge on any atom is 0.343 e. The number of pyridine rings is 2. The van der Waals surface area contributed by atoms with Gasteiger partial charge in [-0.25, -0.2) is 9.78 Å². The number of ether oxygens (including phenoxy) is 1. The van der Waals surface area contributed by atoms with Crippen LogP contribution in [0.25, 0.3) is 22.3 Å². The number of esters is 1. The molecule has 0 amide bonds. The van der Waals surface area contributed by atoms with Gasteiger partial charge in [-0.3, -0.25) is 4.79 Å². The lowest BCUT2D eigenvalue weighted by Gasteiger charge is -2.31. The highest BCUT2D eigenvalue weighted by Crippen LogP contribution is 2.39. The molecule has 4 heterocycles. The first-order valence-electron chi connectivity index (χ1n) is 9.63. The molecule has 7 nitrogen and oxygen atoms in total. The lowest BCUT2D eigenvalue weighted by molar-refractivity contribution is -0.172. The topological polar surface area (TPSA) is 102 Å². The Morgan fingerprint density at radius 2 is 2.10 bits per heavy atom. The van der Waals surface area contributed by atoms with E-state index in [9.17, 15) is 19.8 Å². The number of carbonyl (C=O) groups excluding carboxylic acids is 1. The molecule has 0 fully saturated rings. The zero-order valence-electron chi connectivity index (χ0n) is 16.1. The minimum Gasteiger partial charge on any atom is -0.458 e. The van der Waals surface area contributed by atoms with Gasteiger partial charge in [0.15, 0.2) is 5.60 Å². The van der Waals surface area contributed by atoms with E-state index in [1.54, 1.807) is 24.5 Å². The molecular weight excluding hydrogens is 372 g/mol. The average molecular weight is 392 g/mol. The molecule has 2 aliphatic rings. The number of aromatic nitrogens is 2. The number of aliphatic hydroxyl groups is 2. The van der Waals surface area contributed by atoms with Gasteiger partial charge < -0.3 is 19.5 Å². The lowest BCUT2D eigenvalue weighted by Crippen LogP contribution is -2.44. The van der Waals surface area contributed by atoms with Gasteiger partial charge in [0, 0.05) is 22.1 Å². The van der Waals surface area contributed by atoms with Gasteiger partial charge in [-0.1, -0.05) is 25.1 Å². The fraction of sp³-hybridized carbons (Fsp3) is 0.318. The van der Waals surface area contributed by atoms with E-state index in [4.69, 9.17) is 9.72 Å². The standard InChI is InChI=1S/C22H20N2O5/c1-3-22(28)16-8-17-19-13(9-24(17)20(26)15(16)10-29-21(22)27)7-12-5-4-6-14(11(2)25)18(12)23-19/h4-8,11,25,28H,3,9-10H2,1-2H3/t11?,22-/m0/s1. The maximum absolute atomic E-state index is 13.1. The van der Waals surface area contributed by atoms with Crippen molar-refractivity contribution in [2.75, 3.05) is 0 Å². The smallest absolute Gasteiger partial charge is 0.343 e. The Labute approximate surface area is 166 Å². The van der Waals surface area contributed by atoms with Crippen molar-refractivity contribution >= 4 is 16.9 Å². The molecular formula is C22H20N2O5. The van der Waals surface area contributed by atoms with Crippen molar-refractivity contribution in [2.45, 2.75) is 45.1 Å². The van der Waals surface area contributed by atoms with E-state index in [-0.39, 0.29) is 18.6 Å². The molecule has 5 rings (SSSR count). The number of para-hydroxylation sites is 1. The number of rotatable bonds is 2. The first kappa shape index (κ1) is 18.0. The molecule has 2 N–H and O–H groups in total. The van der Waals surface area contributed by atoms with Gasteiger partial charge in [0.05, 0.1) is 35.1 Å². The number of benzene rings is 1. The molecule has 0 radical (unpaired) electrons. The van der Waals surface area contributed by atoms with Crippen LogP contribution in [-0.2, 0) is 28.3 Å². The molecule has 0 spiro atoms. The molecule has 1 unspecified atom stereocenters. The highest BCUT2D eigenvalue weighted by atomic mass is 16.6. The Kier molecular flexibility index (Phi) is 3.72. The summed E-state index contributed by atoms with van der Waals surface area (Å²) in [6, 6.07) is 9.29. The molecule has 29 heavy (non-hydrogen) atoms. The molecule has 2 aliphatic heterocycles. The number of hydrogen-bond donors (Lipinski definition) is 2. The Morgan fingerprint density at radius 1 is 1.31 bits per heavy atom. The van der Waals surface area contributed by atoms with E-state index in [0.717, 1.165) is 10.9 Å². The normalized spacial score (nSPS) is 20.8. The maximum atomic E-state index is 13.1. The van der Waals surface area contributed by atoms with Crippen LogP contribution < -0.4 is 5.56 Å². The number of nitrogens with zero attached hydrogens (tertiary/aromatic N) is 2. The summed E-state index contributed by atoms with van der Waals surface area (Å²) < 4.78 is 6.69. The zero-order chi connectivity index (χ0) is 20.5. The average Bonchev–Trinajstić information content (AvgIpc) is 3.07. The van der Waals surface area contributed by atoms with Gasteiger partial charge in [-0.15, -0.1) is 0 Å². The second kappa shape index (κ2) is 5.98.